The van der Waals surface area contributed by atoms with Crippen LogP contribution in [0.15, 0.2) is 48.7 Å². The van der Waals surface area contributed by atoms with Gasteiger partial charge in [0.2, 0.25) is 0 Å². The first kappa shape index (κ1) is 20.0. The number of aromatic amines is 2. The zero-order valence-electron chi connectivity index (χ0n) is 14.8. The Kier molecular flexibility index (Phi) is 7.00. The summed E-state index contributed by atoms with van der Waals surface area (Å²) >= 11 is 0. The Morgan fingerprint density at radius 3 is 2.44 bits per heavy atom. The molecule has 0 aliphatic carbocycles. The number of ether oxygens (including phenoxy) is 2. The molecule has 2 heterocycles. The highest BCUT2D eigenvalue weighted by Gasteiger charge is 2.09. The number of rotatable bonds is 5. The molecule has 4 rings (SSSR count). The third kappa shape index (κ3) is 4.28. The molecule has 0 atom stereocenters. The molecular weight excluding hydrogens is 342 g/mol. The molecule has 0 saturated heterocycles. The lowest BCUT2D eigenvalue weighted by atomic mass is 10.2. The van der Waals surface area contributed by atoms with Gasteiger partial charge < -0.3 is 14.5 Å². The Labute approximate surface area is 158 Å². The first-order valence-corrected chi connectivity index (χ1v) is 8.52. The molecule has 0 aliphatic rings. The number of fused-ring (bicyclic) bond motifs is 2. The SMILES string of the molecule is C.CCOc1cccc2[nH]ccc12.CCOc1cccc2n[nH]c(C=O)c12. The van der Waals surface area contributed by atoms with Gasteiger partial charge in [-0.3, -0.25) is 9.89 Å². The minimum Gasteiger partial charge on any atom is -0.493 e. The summed E-state index contributed by atoms with van der Waals surface area (Å²) in [5, 5.41) is 8.57. The summed E-state index contributed by atoms with van der Waals surface area (Å²) in [4.78, 5) is 13.8. The van der Waals surface area contributed by atoms with Crippen molar-refractivity contribution in [2.24, 2.45) is 0 Å². The molecular formula is C21H25N3O3. The van der Waals surface area contributed by atoms with Crippen molar-refractivity contribution in [2.75, 3.05) is 13.2 Å². The highest BCUT2D eigenvalue weighted by atomic mass is 16.5. The number of carbonyl (C=O) groups excluding carboxylic acids is 1. The van der Waals surface area contributed by atoms with E-state index in [4.69, 9.17) is 9.47 Å². The normalized spacial score (nSPS) is 10.0. The average Bonchev–Trinajstić information content (AvgIpc) is 3.30. The van der Waals surface area contributed by atoms with Gasteiger partial charge in [0.25, 0.3) is 0 Å². The number of aldehydes is 1. The third-order valence-corrected chi connectivity index (χ3v) is 3.84. The van der Waals surface area contributed by atoms with Crippen molar-refractivity contribution < 1.29 is 14.3 Å². The van der Waals surface area contributed by atoms with Gasteiger partial charge in [0.05, 0.1) is 24.1 Å². The van der Waals surface area contributed by atoms with Crippen LogP contribution in [0.4, 0.5) is 0 Å². The predicted octanol–water partition coefficient (Wildman–Crippen LogP) is 4.98. The molecule has 0 unspecified atom stereocenters. The molecule has 2 N–H and O–H groups in total. The number of nitrogens with zero attached hydrogens (tertiary/aromatic N) is 1. The Balaban J connectivity index is 0.000000189. The fourth-order valence-electron chi connectivity index (χ4n) is 2.76. The molecule has 6 heteroatoms. The largest absolute Gasteiger partial charge is 0.493 e. The number of nitrogens with one attached hydrogen (secondary N) is 2. The van der Waals surface area contributed by atoms with Gasteiger partial charge in [-0.05, 0) is 44.2 Å². The molecule has 4 aromatic rings. The minimum atomic E-state index is 0. The third-order valence-electron chi connectivity index (χ3n) is 3.84. The fraction of sp³-hybridized carbons (Fsp3) is 0.238. The monoisotopic (exact) mass is 367 g/mol. The maximum atomic E-state index is 10.7. The van der Waals surface area contributed by atoms with Crippen LogP contribution >= 0.6 is 0 Å². The molecule has 142 valence electrons. The smallest absolute Gasteiger partial charge is 0.168 e. The number of hydrogen-bond donors (Lipinski definition) is 2. The van der Waals surface area contributed by atoms with Crippen molar-refractivity contribution in [3.63, 3.8) is 0 Å². The lowest BCUT2D eigenvalue weighted by Crippen LogP contribution is -1.92. The van der Waals surface area contributed by atoms with Gasteiger partial charge in [-0.25, -0.2) is 0 Å². The maximum Gasteiger partial charge on any atom is 0.168 e. The topological polar surface area (TPSA) is 80.0 Å². The van der Waals surface area contributed by atoms with Crippen molar-refractivity contribution in [1.82, 2.24) is 15.2 Å². The summed E-state index contributed by atoms with van der Waals surface area (Å²) in [5.74, 6) is 1.65. The summed E-state index contributed by atoms with van der Waals surface area (Å²) in [5.41, 5.74) is 2.34. The van der Waals surface area contributed by atoms with E-state index in [0.717, 1.165) is 33.8 Å². The number of carbonyl (C=O) groups is 1. The number of H-pyrrole nitrogens is 2. The van der Waals surface area contributed by atoms with Crippen molar-refractivity contribution >= 4 is 28.1 Å². The van der Waals surface area contributed by atoms with Gasteiger partial charge in [0, 0.05) is 17.1 Å². The van der Waals surface area contributed by atoms with Gasteiger partial charge >= 0.3 is 0 Å². The quantitative estimate of drug-likeness (QED) is 0.488. The number of aromatic nitrogens is 3. The summed E-state index contributed by atoms with van der Waals surface area (Å²) in [6.45, 7) is 5.18. The number of benzene rings is 2. The first-order chi connectivity index (χ1) is 12.8. The molecule has 0 radical (unpaired) electrons. The van der Waals surface area contributed by atoms with E-state index in [2.05, 4.69) is 15.2 Å². The van der Waals surface area contributed by atoms with Crippen LogP contribution in [0.2, 0.25) is 0 Å². The second-order valence-corrected chi connectivity index (χ2v) is 5.47. The summed E-state index contributed by atoms with van der Waals surface area (Å²) in [6, 6.07) is 13.6. The molecule has 2 aromatic carbocycles. The van der Waals surface area contributed by atoms with Crippen molar-refractivity contribution in [3.8, 4) is 11.5 Å². The van der Waals surface area contributed by atoms with Crippen molar-refractivity contribution in [3.05, 3.63) is 54.4 Å². The Bertz CT molecular complexity index is 1000. The van der Waals surface area contributed by atoms with Crippen LogP contribution in [0.5, 0.6) is 11.5 Å². The minimum absolute atomic E-state index is 0. The molecule has 0 aliphatic heterocycles. The lowest BCUT2D eigenvalue weighted by Gasteiger charge is -2.03. The van der Waals surface area contributed by atoms with E-state index in [0.29, 0.717) is 24.7 Å². The van der Waals surface area contributed by atoms with Crippen LogP contribution < -0.4 is 9.47 Å². The Morgan fingerprint density at radius 1 is 1.00 bits per heavy atom. The van der Waals surface area contributed by atoms with Crippen molar-refractivity contribution in [1.29, 1.82) is 0 Å². The zero-order valence-corrected chi connectivity index (χ0v) is 14.8. The molecule has 0 fully saturated rings. The van der Waals surface area contributed by atoms with Crippen LogP contribution in [-0.2, 0) is 0 Å². The van der Waals surface area contributed by atoms with E-state index >= 15 is 0 Å². The molecule has 6 nitrogen and oxygen atoms in total. The van der Waals surface area contributed by atoms with Gasteiger partial charge in [0.1, 0.15) is 17.2 Å². The van der Waals surface area contributed by atoms with Crippen LogP contribution in [0.3, 0.4) is 0 Å². The van der Waals surface area contributed by atoms with Crippen LogP contribution in [0.25, 0.3) is 21.8 Å². The lowest BCUT2D eigenvalue weighted by molar-refractivity contribution is 0.112. The molecule has 0 amide bonds. The van der Waals surface area contributed by atoms with Gasteiger partial charge in [-0.1, -0.05) is 19.6 Å². The van der Waals surface area contributed by atoms with E-state index in [-0.39, 0.29) is 7.43 Å². The molecule has 0 saturated carbocycles. The molecule has 2 aromatic heterocycles. The second kappa shape index (κ2) is 9.43. The fourth-order valence-corrected chi connectivity index (χ4v) is 2.76. The van der Waals surface area contributed by atoms with E-state index in [1.807, 2.05) is 62.5 Å². The average molecular weight is 367 g/mol. The van der Waals surface area contributed by atoms with E-state index in [9.17, 15) is 4.79 Å². The Hall–Kier alpha value is -3.28. The predicted molar refractivity (Wildman–Crippen MR) is 109 cm³/mol. The zero-order chi connectivity index (χ0) is 18.4. The molecule has 0 spiro atoms. The van der Waals surface area contributed by atoms with E-state index in [1.165, 1.54) is 0 Å². The summed E-state index contributed by atoms with van der Waals surface area (Å²) in [7, 11) is 0. The second-order valence-electron chi connectivity index (χ2n) is 5.47. The highest BCUT2D eigenvalue weighted by molar-refractivity contribution is 5.98. The molecule has 0 bridgehead atoms. The first-order valence-electron chi connectivity index (χ1n) is 8.52. The highest BCUT2D eigenvalue weighted by Crippen LogP contribution is 2.26. The van der Waals surface area contributed by atoms with Gasteiger partial charge in [-0.15, -0.1) is 0 Å². The standard InChI is InChI=1S/C10H10N2O2.C10H11NO.CH4/c1-2-14-9-5-3-4-7-10(9)8(6-13)12-11-7;1-2-12-10-5-3-4-9-8(10)6-7-11-9;/h3-6H,2H2,1H3,(H,11,12);3-7,11H,2H2,1H3;1H4. The van der Waals surface area contributed by atoms with Crippen LogP contribution in [-0.4, -0.2) is 34.7 Å². The number of hydrogen-bond acceptors (Lipinski definition) is 4. The summed E-state index contributed by atoms with van der Waals surface area (Å²) < 4.78 is 10.9. The maximum absolute atomic E-state index is 10.7. The molecule has 27 heavy (non-hydrogen) atoms. The van der Waals surface area contributed by atoms with Gasteiger partial charge in [0.15, 0.2) is 6.29 Å². The van der Waals surface area contributed by atoms with E-state index < -0.39 is 0 Å². The Morgan fingerprint density at radius 2 is 1.70 bits per heavy atom. The van der Waals surface area contributed by atoms with Crippen molar-refractivity contribution in [2.45, 2.75) is 21.3 Å². The van der Waals surface area contributed by atoms with Crippen LogP contribution in [0.1, 0.15) is 31.8 Å². The van der Waals surface area contributed by atoms with E-state index in [1.54, 1.807) is 0 Å². The summed E-state index contributed by atoms with van der Waals surface area (Å²) in [6.07, 6.45) is 2.67. The van der Waals surface area contributed by atoms with Gasteiger partial charge in [-0.2, -0.15) is 5.10 Å². The van der Waals surface area contributed by atoms with Crippen LogP contribution in [0, 0.1) is 0 Å².